The lowest BCUT2D eigenvalue weighted by Gasteiger charge is -2.28. The van der Waals surface area contributed by atoms with Crippen LogP contribution in [-0.4, -0.2) is 25.2 Å². The van der Waals surface area contributed by atoms with Crippen molar-refractivity contribution < 1.29 is 19.1 Å². The van der Waals surface area contributed by atoms with Crippen molar-refractivity contribution >= 4 is 11.9 Å². The minimum Gasteiger partial charge on any atom is -0.465 e. The summed E-state index contributed by atoms with van der Waals surface area (Å²) in [6.07, 6.45) is 6.21. The first-order valence-corrected chi connectivity index (χ1v) is 8.39. The third kappa shape index (κ3) is 6.49. The summed E-state index contributed by atoms with van der Waals surface area (Å²) in [6.45, 7) is 7.17. The maximum atomic E-state index is 12.2. The minimum absolute atomic E-state index is 0.214. The molecule has 122 valence electrons. The fourth-order valence-electron chi connectivity index (χ4n) is 2.62. The molecule has 1 saturated carbocycles. The Hall–Kier alpha value is -1.06. The van der Waals surface area contributed by atoms with E-state index in [1.165, 1.54) is 0 Å². The predicted molar refractivity (Wildman–Crippen MR) is 81.7 cm³/mol. The van der Waals surface area contributed by atoms with Gasteiger partial charge < -0.3 is 9.47 Å². The summed E-state index contributed by atoms with van der Waals surface area (Å²) < 4.78 is 10.6. The first-order valence-electron chi connectivity index (χ1n) is 8.39. The molecule has 1 aliphatic rings. The van der Waals surface area contributed by atoms with Crippen LogP contribution >= 0.6 is 0 Å². The van der Waals surface area contributed by atoms with Crippen molar-refractivity contribution in [2.45, 2.75) is 65.7 Å². The zero-order chi connectivity index (χ0) is 15.7. The Balaban J connectivity index is 2.47. The Morgan fingerprint density at radius 1 is 1.00 bits per heavy atom. The van der Waals surface area contributed by atoms with E-state index in [9.17, 15) is 9.59 Å². The van der Waals surface area contributed by atoms with Crippen molar-refractivity contribution in [1.29, 1.82) is 0 Å². The summed E-state index contributed by atoms with van der Waals surface area (Å²) in [7, 11) is 0. The average Bonchev–Trinajstić information content (AvgIpc) is 2.47. The first-order chi connectivity index (χ1) is 10.1. The van der Waals surface area contributed by atoms with Crippen molar-refractivity contribution in [2.75, 3.05) is 13.2 Å². The molecule has 4 nitrogen and oxygen atoms in total. The van der Waals surface area contributed by atoms with Crippen LogP contribution < -0.4 is 0 Å². The summed E-state index contributed by atoms with van der Waals surface area (Å²) in [6, 6.07) is 0. The lowest BCUT2D eigenvalue weighted by molar-refractivity contribution is -0.163. The highest BCUT2D eigenvalue weighted by Crippen LogP contribution is 2.32. The molecule has 2 unspecified atom stereocenters. The van der Waals surface area contributed by atoms with Gasteiger partial charge in [0.15, 0.2) is 0 Å². The molecule has 0 radical (unpaired) electrons. The molecule has 0 amide bonds. The van der Waals surface area contributed by atoms with Gasteiger partial charge in [0, 0.05) is 0 Å². The second-order valence-electron chi connectivity index (χ2n) is 6.37. The highest BCUT2D eigenvalue weighted by Gasteiger charge is 2.37. The number of esters is 2. The molecule has 1 rings (SSSR count). The molecular weight excluding hydrogens is 268 g/mol. The Labute approximate surface area is 128 Å². The molecule has 2 atom stereocenters. The minimum atomic E-state index is -0.306. The van der Waals surface area contributed by atoms with Gasteiger partial charge in [-0.1, -0.05) is 40.0 Å². The normalized spacial score (nSPS) is 22.1. The zero-order valence-electron chi connectivity index (χ0n) is 13.7. The van der Waals surface area contributed by atoms with Crippen LogP contribution in [0.2, 0.25) is 0 Å². The van der Waals surface area contributed by atoms with E-state index in [1.54, 1.807) is 0 Å². The van der Waals surface area contributed by atoms with Crippen LogP contribution in [0.5, 0.6) is 0 Å². The third-order valence-electron chi connectivity index (χ3n) is 4.05. The smallest absolute Gasteiger partial charge is 0.309 e. The van der Waals surface area contributed by atoms with Gasteiger partial charge in [0.1, 0.15) is 0 Å². The number of ether oxygens (including phenoxy) is 2. The Bertz CT molecular complexity index is 325. The largest absolute Gasteiger partial charge is 0.465 e. The summed E-state index contributed by atoms with van der Waals surface area (Å²) in [4.78, 5) is 24.3. The highest BCUT2D eigenvalue weighted by molar-refractivity contribution is 5.82. The molecule has 0 aromatic rings. The molecule has 21 heavy (non-hydrogen) atoms. The maximum Gasteiger partial charge on any atom is 0.309 e. The van der Waals surface area contributed by atoms with E-state index in [-0.39, 0.29) is 23.8 Å². The van der Waals surface area contributed by atoms with E-state index in [0.717, 1.165) is 44.9 Å². The quantitative estimate of drug-likeness (QED) is 0.506. The molecule has 0 saturated heterocycles. The van der Waals surface area contributed by atoms with E-state index in [1.807, 2.05) is 0 Å². The topological polar surface area (TPSA) is 52.6 Å². The number of rotatable bonds is 8. The number of hydrogen-bond donors (Lipinski definition) is 0. The van der Waals surface area contributed by atoms with E-state index >= 15 is 0 Å². The van der Waals surface area contributed by atoms with Crippen molar-refractivity contribution in [3.05, 3.63) is 0 Å². The summed E-state index contributed by atoms with van der Waals surface area (Å²) >= 11 is 0. The van der Waals surface area contributed by atoms with Crippen LogP contribution in [0.25, 0.3) is 0 Å². The summed E-state index contributed by atoms with van der Waals surface area (Å²) in [5, 5.41) is 0. The van der Waals surface area contributed by atoms with Gasteiger partial charge in [0.2, 0.25) is 0 Å². The van der Waals surface area contributed by atoms with E-state index < -0.39 is 0 Å². The average molecular weight is 298 g/mol. The van der Waals surface area contributed by atoms with E-state index in [4.69, 9.17) is 9.47 Å². The van der Waals surface area contributed by atoms with Crippen LogP contribution in [-0.2, 0) is 19.1 Å². The van der Waals surface area contributed by atoms with Crippen LogP contribution in [0.1, 0.15) is 65.7 Å². The molecule has 0 aromatic heterocycles. The fraction of sp³-hybridized carbons (Fsp3) is 0.882. The third-order valence-corrected chi connectivity index (χ3v) is 4.05. The van der Waals surface area contributed by atoms with E-state index in [2.05, 4.69) is 20.8 Å². The summed E-state index contributed by atoms with van der Waals surface area (Å²) in [5.74, 6) is -0.525. The van der Waals surface area contributed by atoms with Gasteiger partial charge in [0.25, 0.3) is 0 Å². The number of carbonyl (C=O) groups is 2. The van der Waals surface area contributed by atoms with Crippen molar-refractivity contribution in [3.8, 4) is 0 Å². The Morgan fingerprint density at radius 3 is 2.00 bits per heavy atom. The van der Waals surface area contributed by atoms with Crippen LogP contribution in [0.3, 0.4) is 0 Å². The summed E-state index contributed by atoms with van der Waals surface area (Å²) in [5.41, 5.74) is 0. The zero-order valence-corrected chi connectivity index (χ0v) is 13.7. The van der Waals surface area contributed by atoms with Gasteiger partial charge in [0.05, 0.1) is 25.0 Å². The second-order valence-corrected chi connectivity index (χ2v) is 6.37. The number of unbranched alkanes of at least 4 members (excludes halogenated alkanes) is 1. The molecule has 4 heteroatoms. The standard InChI is InChI=1S/C17H30O4/c1-4-5-11-20-16(18)14-8-6-7-9-15(14)17(19)21-12-10-13(2)3/h13-15H,4-12H2,1-3H3. The maximum absolute atomic E-state index is 12.2. The molecule has 0 bridgehead atoms. The van der Waals surface area contributed by atoms with Gasteiger partial charge in [-0.25, -0.2) is 0 Å². The predicted octanol–water partition coefficient (Wildman–Crippen LogP) is 3.73. The molecule has 0 N–H and O–H groups in total. The molecule has 0 spiro atoms. The second kappa shape index (κ2) is 9.80. The van der Waals surface area contributed by atoms with Gasteiger partial charge >= 0.3 is 11.9 Å². The molecular formula is C17H30O4. The molecule has 0 aliphatic heterocycles. The van der Waals surface area contributed by atoms with Crippen LogP contribution in [0.15, 0.2) is 0 Å². The molecule has 0 heterocycles. The van der Waals surface area contributed by atoms with Gasteiger partial charge in [-0.15, -0.1) is 0 Å². The monoisotopic (exact) mass is 298 g/mol. The van der Waals surface area contributed by atoms with E-state index in [0.29, 0.717) is 19.1 Å². The van der Waals surface area contributed by atoms with Crippen LogP contribution in [0.4, 0.5) is 0 Å². The molecule has 0 aromatic carbocycles. The lowest BCUT2D eigenvalue weighted by atomic mass is 9.79. The fourth-order valence-corrected chi connectivity index (χ4v) is 2.62. The molecule has 1 aliphatic carbocycles. The van der Waals surface area contributed by atoms with Gasteiger partial charge in [-0.2, -0.15) is 0 Å². The van der Waals surface area contributed by atoms with Crippen molar-refractivity contribution in [3.63, 3.8) is 0 Å². The molecule has 1 fully saturated rings. The first kappa shape index (κ1) is 18.0. The highest BCUT2D eigenvalue weighted by atomic mass is 16.5. The lowest BCUT2D eigenvalue weighted by Crippen LogP contribution is -2.35. The SMILES string of the molecule is CCCCOC(=O)C1CCCCC1C(=O)OCCC(C)C. The van der Waals surface area contributed by atoms with Crippen molar-refractivity contribution in [1.82, 2.24) is 0 Å². The Kier molecular flexibility index (Phi) is 8.40. The van der Waals surface area contributed by atoms with Gasteiger partial charge in [-0.05, 0) is 31.6 Å². The number of hydrogen-bond acceptors (Lipinski definition) is 4. The Morgan fingerprint density at radius 2 is 1.52 bits per heavy atom. The van der Waals surface area contributed by atoms with Crippen molar-refractivity contribution in [2.24, 2.45) is 17.8 Å². The van der Waals surface area contributed by atoms with Crippen LogP contribution in [0, 0.1) is 17.8 Å². The van der Waals surface area contributed by atoms with Gasteiger partial charge in [-0.3, -0.25) is 9.59 Å². The number of carbonyl (C=O) groups excluding carboxylic acids is 2.